The van der Waals surface area contributed by atoms with Crippen molar-refractivity contribution in [3.05, 3.63) is 52.8 Å². The molecule has 152 valence electrons. The third-order valence-corrected chi connectivity index (χ3v) is 5.66. The van der Waals surface area contributed by atoms with Crippen LogP contribution in [-0.2, 0) is 11.2 Å². The van der Waals surface area contributed by atoms with Crippen molar-refractivity contribution in [3.63, 3.8) is 0 Å². The third-order valence-electron chi connectivity index (χ3n) is 5.66. The molecule has 7 heteroatoms. The Morgan fingerprint density at radius 1 is 1.10 bits per heavy atom. The molecule has 0 radical (unpaired) electrons. The lowest BCUT2D eigenvalue weighted by molar-refractivity contribution is 0.0960. The average Bonchev–Trinajstić information content (AvgIpc) is 2.74. The summed E-state index contributed by atoms with van der Waals surface area (Å²) in [5.41, 5.74) is 3.44. The number of aromatic nitrogens is 2. The van der Waals surface area contributed by atoms with Crippen LogP contribution in [0.15, 0.2) is 30.3 Å². The smallest absolute Gasteiger partial charge is 0.409 e. The van der Waals surface area contributed by atoms with E-state index in [-0.39, 0.29) is 17.8 Å². The predicted molar refractivity (Wildman–Crippen MR) is 109 cm³/mol. The minimum Gasteiger partial charge on any atom is -0.450 e. The standard InChI is InChI=1S/C22H26N4O3/c1-3-29-22(28)26-11-9-25(10-12-26)21-23-15(2)20-18(24-21)13-17(14-19(20)27)16-7-5-4-6-8-16/h4-8,17H,3,9-14H2,1-2H3/t17-/m1/s1. The lowest BCUT2D eigenvalue weighted by Gasteiger charge is -2.34. The molecule has 0 N–H and O–H groups in total. The Hall–Kier alpha value is -2.96. The number of aryl methyl sites for hydroxylation is 1. The van der Waals surface area contributed by atoms with Crippen LogP contribution in [0.5, 0.6) is 0 Å². The Morgan fingerprint density at radius 3 is 2.52 bits per heavy atom. The highest BCUT2D eigenvalue weighted by molar-refractivity contribution is 5.99. The number of carbonyl (C=O) groups is 2. The molecule has 2 heterocycles. The van der Waals surface area contributed by atoms with Gasteiger partial charge in [0, 0.05) is 32.6 Å². The number of benzene rings is 1. The summed E-state index contributed by atoms with van der Waals surface area (Å²) in [6.45, 7) is 6.51. The fraction of sp³-hybridized carbons (Fsp3) is 0.455. The molecule has 4 rings (SSSR count). The zero-order valence-electron chi connectivity index (χ0n) is 16.9. The molecule has 2 aromatic rings. The Kier molecular flexibility index (Phi) is 5.47. The van der Waals surface area contributed by atoms with E-state index in [0.29, 0.717) is 50.7 Å². The lowest BCUT2D eigenvalue weighted by atomic mass is 9.81. The van der Waals surface area contributed by atoms with Crippen molar-refractivity contribution in [2.24, 2.45) is 0 Å². The number of fused-ring (bicyclic) bond motifs is 1. The second-order valence-electron chi connectivity index (χ2n) is 7.54. The molecule has 7 nitrogen and oxygen atoms in total. The summed E-state index contributed by atoms with van der Waals surface area (Å²) in [5.74, 6) is 0.918. The molecule has 0 unspecified atom stereocenters. The fourth-order valence-corrected chi connectivity index (χ4v) is 4.16. The summed E-state index contributed by atoms with van der Waals surface area (Å²) < 4.78 is 5.08. The van der Waals surface area contributed by atoms with E-state index < -0.39 is 0 Å². The van der Waals surface area contributed by atoms with Crippen LogP contribution in [-0.4, -0.2) is 59.5 Å². The number of ether oxygens (including phenoxy) is 1. The molecule has 1 fully saturated rings. The maximum absolute atomic E-state index is 12.8. The Labute approximate surface area is 170 Å². The van der Waals surface area contributed by atoms with Crippen molar-refractivity contribution >= 4 is 17.8 Å². The van der Waals surface area contributed by atoms with Crippen molar-refractivity contribution in [1.82, 2.24) is 14.9 Å². The third kappa shape index (κ3) is 3.95. The second kappa shape index (κ2) is 8.19. The first-order chi connectivity index (χ1) is 14.1. The first-order valence-corrected chi connectivity index (χ1v) is 10.2. The number of nitrogens with zero attached hydrogens (tertiary/aromatic N) is 4. The first kappa shape index (κ1) is 19.4. The van der Waals surface area contributed by atoms with Crippen molar-refractivity contribution in [3.8, 4) is 0 Å². The van der Waals surface area contributed by atoms with Crippen LogP contribution in [0.25, 0.3) is 0 Å². The average molecular weight is 394 g/mol. The second-order valence-corrected chi connectivity index (χ2v) is 7.54. The summed E-state index contributed by atoms with van der Waals surface area (Å²) in [7, 11) is 0. The zero-order valence-corrected chi connectivity index (χ0v) is 16.9. The van der Waals surface area contributed by atoms with Gasteiger partial charge >= 0.3 is 6.09 Å². The van der Waals surface area contributed by atoms with Gasteiger partial charge in [0.25, 0.3) is 0 Å². The molecular formula is C22H26N4O3. The normalized spacial score (nSPS) is 19.1. The van der Waals surface area contributed by atoms with Gasteiger partial charge in [-0.15, -0.1) is 0 Å². The molecule has 0 bridgehead atoms. The van der Waals surface area contributed by atoms with E-state index in [2.05, 4.69) is 22.0 Å². The van der Waals surface area contributed by atoms with Gasteiger partial charge in [0.15, 0.2) is 5.78 Å². The van der Waals surface area contributed by atoms with Crippen molar-refractivity contribution in [2.75, 3.05) is 37.7 Å². The molecule has 0 saturated carbocycles. The molecule has 1 aliphatic carbocycles. The van der Waals surface area contributed by atoms with E-state index in [4.69, 9.17) is 9.72 Å². The number of hydrogen-bond acceptors (Lipinski definition) is 6. The van der Waals surface area contributed by atoms with E-state index >= 15 is 0 Å². The van der Waals surface area contributed by atoms with Gasteiger partial charge in [0.05, 0.1) is 23.6 Å². The highest BCUT2D eigenvalue weighted by Crippen LogP contribution is 2.33. The molecule has 29 heavy (non-hydrogen) atoms. The van der Waals surface area contributed by atoms with Gasteiger partial charge in [-0.1, -0.05) is 30.3 Å². The molecule has 1 aliphatic heterocycles. The van der Waals surface area contributed by atoms with Crippen molar-refractivity contribution in [1.29, 1.82) is 0 Å². The largest absolute Gasteiger partial charge is 0.450 e. The van der Waals surface area contributed by atoms with Gasteiger partial charge < -0.3 is 14.5 Å². The molecule has 0 spiro atoms. The Bertz CT molecular complexity index is 908. The van der Waals surface area contributed by atoms with Crippen LogP contribution in [0.2, 0.25) is 0 Å². The summed E-state index contributed by atoms with van der Waals surface area (Å²) in [6, 6.07) is 10.2. The Balaban J connectivity index is 1.54. The number of anilines is 1. The number of rotatable bonds is 3. The zero-order chi connectivity index (χ0) is 20.4. The number of piperazine rings is 1. The number of carbonyl (C=O) groups excluding carboxylic acids is 2. The summed E-state index contributed by atoms with van der Waals surface area (Å²) in [5, 5.41) is 0. The summed E-state index contributed by atoms with van der Waals surface area (Å²) in [4.78, 5) is 37.9. The maximum atomic E-state index is 12.8. The van der Waals surface area contributed by atoms with E-state index in [1.807, 2.05) is 32.0 Å². The molecule has 2 aliphatic rings. The monoisotopic (exact) mass is 394 g/mol. The molecule has 1 saturated heterocycles. The number of amides is 1. The van der Waals surface area contributed by atoms with Gasteiger partial charge in [-0.05, 0) is 31.7 Å². The van der Waals surface area contributed by atoms with Crippen LogP contribution in [0.3, 0.4) is 0 Å². The van der Waals surface area contributed by atoms with Crippen LogP contribution in [0.1, 0.15) is 46.6 Å². The SMILES string of the molecule is CCOC(=O)N1CCN(c2nc(C)c3c(n2)C[C@@H](c2ccccc2)CC3=O)CC1. The Morgan fingerprint density at radius 2 is 1.83 bits per heavy atom. The van der Waals surface area contributed by atoms with E-state index in [0.717, 1.165) is 17.8 Å². The van der Waals surface area contributed by atoms with E-state index in [1.54, 1.807) is 4.90 Å². The topological polar surface area (TPSA) is 75.6 Å². The van der Waals surface area contributed by atoms with Gasteiger partial charge in [-0.2, -0.15) is 0 Å². The highest BCUT2D eigenvalue weighted by atomic mass is 16.6. The van der Waals surface area contributed by atoms with Crippen LogP contribution < -0.4 is 4.90 Å². The van der Waals surface area contributed by atoms with Crippen LogP contribution in [0, 0.1) is 6.92 Å². The summed E-state index contributed by atoms with van der Waals surface area (Å²) in [6.07, 6.45) is 0.967. The van der Waals surface area contributed by atoms with Gasteiger partial charge in [0.1, 0.15) is 0 Å². The van der Waals surface area contributed by atoms with E-state index in [1.165, 1.54) is 5.56 Å². The molecule has 1 amide bonds. The minimum absolute atomic E-state index is 0.122. The molecule has 1 atom stereocenters. The summed E-state index contributed by atoms with van der Waals surface area (Å²) >= 11 is 0. The number of hydrogen-bond donors (Lipinski definition) is 0. The molecule has 1 aromatic carbocycles. The van der Waals surface area contributed by atoms with Gasteiger partial charge in [-0.3, -0.25) is 4.79 Å². The van der Waals surface area contributed by atoms with Gasteiger partial charge in [-0.25, -0.2) is 14.8 Å². The highest BCUT2D eigenvalue weighted by Gasteiger charge is 2.31. The number of Topliss-reactive ketones (excluding diaryl/α,β-unsaturated/α-hetero) is 1. The minimum atomic E-state index is -0.272. The quantitative estimate of drug-likeness (QED) is 0.797. The van der Waals surface area contributed by atoms with Crippen LogP contribution in [0.4, 0.5) is 10.7 Å². The van der Waals surface area contributed by atoms with E-state index in [9.17, 15) is 9.59 Å². The lowest BCUT2D eigenvalue weighted by Crippen LogP contribution is -2.49. The fourth-order valence-electron chi connectivity index (χ4n) is 4.16. The molecule has 1 aromatic heterocycles. The first-order valence-electron chi connectivity index (χ1n) is 10.2. The predicted octanol–water partition coefficient (Wildman–Crippen LogP) is 2.98. The maximum Gasteiger partial charge on any atom is 0.409 e. The van der Waals surface area contributed by atoms with Crippen LogP contribution >= 0.6 is 0 Å². The van der Waals surface area contributed by atoms with Crippen molar-refractivity contribution < 1.29 is 14.3 Å². The van der Waals surface area contributed by atoms with Crippen molar-refractivity contribution in [2.45, 2.75) is 32.6 Å². The number of ketones is 1. The van der Waals surface area contributed by atoms with Gasteiger partial charge in [0.2, 0.25) is 5.95 Å². The molecular weight excluding hydrogens is 368 g/mol.